The summed E-state index contributed by atoms with van der Waals surface area (Å²) in [4.78, 5) is 21.2. The molecule has 0 radical (unpaired) electrons. The van der Waals surface area contributed by atoms with Gasteiger partial charge in [0.2, 0.25) is 0 Å². The Labute approximate surface area is 155 Å². The maximum Gasteiger partial charge on any atom is 0.287 e. The normalized spacial score (nSPS) is 16.6. The average Bonchev–Trinajstić information content (AvgIpc) is 3.11. The summed E-state index contributed by atoms with van der Waals surface area (Å²) in [5.41, 5.74) is 1.14. The first kappa shape index (κ1) is 18.6. The van der Waals surface area contributed by atoms with Crippen LogP contribution in [0.4, 0.5) is 0 Å². The molecule has 6 heteroatoms. The molecule has 1 amide bonds. The number of carbonyl (C=O) groups is 1. The van der Waals surface area contributed by atoms with Crippen LogP contribution in [-0.2, 0) is 6.54 Å². The standard InChI is InChI=1S/C20H28N4O2/c1-23(2)15-17-8-9-19(26-17)20(25)22-14-18(16-7-6-10-21-13-16)24-11-4-3-5-12-24/h6-10,13,18H,3-5,11-12,14-15H2,1-2H3,(H,22,25)/t18-/m0/s1. The Bertz CT molecular complexity index is 693. The largest absolute Gasteiger partial charge is 0.455 e. The fourth-order valence-corrected chi connectivity index (χ4v) is 3.43. The lowest BCUT2D eigenvalue weighted by atomic mass is 10.0. The van der Waals surface area contributed by atoms with Crippen LogP contribution in [0.25, 0.3) is 0 Å². The lowest BCUT2D eigenvalue weighted by Crippen LogP contribution is -2.40. The van der Waals surface area contributed by atoms with Gasteiger partial charge in [-0.3, -0.25) is 14.7 Å². The first-order chi connectivity index (χ1) is 12.6. The summed E-state index contributed by atoms with van der Waals surface area (Å²) in [5.74, 6) is 0.992. The lowest BCUT2D eigenvalue weighted by molar-refractivity contribution is 0.0894. The second kappa shape index (κ2) is 8.96. The van der Waals surface area contributed by atoms with Gasteiger partial charge in [-0.05, 0) is 63.8 Å². The van der Waals surface area contributed by atoms with Crippen LogP contribution in [0.2, 0.25) is 0 Å². The van der Waals surface area contributed by atoms with Crippen LogP contribution in [0.5, 0.6) is 0 Å². The van der Waals surface area contributed by atoms with Crippen molar-refractivity contribution >= 4 is 5.91 Å². The number of hydrogen-bond donors (Lipinski definition) is 1. The van der Waals surface area contributed by atoms with Crippen molar-refractivity contribution in [2.24, 2.45) is 0 Å². The summed E-state index contributed by atoms with van der Waals surface area (Å²) in [6, 6.07) is 7.78. The van der Waals surface area contributed by atoms with Gasteiger partial charge in [0, 0.05) is 18.9 Å². The van der Waals surface area contributed by atoms with Gasteiger partial charge >= 0.3 is 0 Å². The molecular formula is C20H28N4O2. The zero-order chi connectivity index (χ0) is 18.4. The van der Waals surface area contributed by atoms with Gasteiger partial charge in [0.05, 0.1) is 12.6 Å². The molecule has 0 bridgehead atoms. The van der Waals surface area contributed by atoms with E-state index in [2.05, 4.69) is 21.3 Å². The molecule has 26 heavy (non-hydrogen) atoms. The monoisotopic (exact) mass is 356 g/mol. The van der Waals surface area contributed by atoms with Crippen molar-refractivity contribution in [2.75, 3.05) is 33.7 Å². The molecular weight excluding hydrogens is 328 g/mol. The smallest absolute Gasteiger partial charge is 0.287 e. The molecule has 1 N–H and O–H groups in total. The van der Waals surface area contributed by atoms with Crippen molar-refractivity contribution in [2.45, 2.75) is 31.8 Å². The van der Waals surface area contributed by atoms with E-state index in [1.165, 1.54) is 19.3 Å². The van der Waals surface area contributed by atoms with Crippen LogP contribution in [0, 0.1) is 0 Å². The van der Waals surface area contributed by atoms with E-state index in [-0.39, 0.29) is 11.9 Å². The molecule has 1 atom stereocenters. The Balaban J connectivity index is 1.65. The Hall–Kier alpha value is -2.18. The SMILES string of the molecule is CN(C)Cc1ccc(C(=O)NC[C@@H](c2cccnc2)N2CCCCC2)o1. The molecule has 3 rings (SSSR count). The topological polar surface area (TPSA) is 61.6 Å². The van der Waals surface area contributed by atoms with Gasteiger partial charge in [-0.25, -0.2) is 0 Å². The average molecular weight is 356 g/mol. The van der Waals surface area contributed by atoms with E-state index < -0.39 is 0 Å². The van der Waals surface area contributed by atoms with Gasteiger partial charge < -0.3 is 14.6 Å². The molecule has 1 aliphatic rings. The van der Waals surface area contributed by atoms with E-state index in [4.69, 9.17) is 4.42 Å². The number of piperidine rings is 1. The molecule has 1 aliphatic heterocycles. The zero-order valence-electron chi connectivity index (χ0n) is 15.6. The number of furan rings is 1. The van der Waals surface area contributed by atoms with Crippen LogP contribution in [-0.4, -0.2) is 54.4 Å². The number of hydrogen-bond acceptors (Lipinski definition) is 5. The number of aromatic nitrogens is 1. The third-order valence-corrected chi connectivity index (χ3v) is 4.71. The van der Waals surface area contributed by atoms with Crippen molar-refractivity contribution < 1.29 is 9.21 Å². The summed E-state index contributed by atoms with van der Waals surface area (Å²) in [5, 5.41) is 3.05. The highest BCUT2D eigenvalue weighted by atomic mass is 16.4. The maximum atomic E-state index is 12.5. The van der Waals surface area contributed by atoms with Crippen molar-refractivity contribution in [3.8, 4) is 0 Å². The number of amides is 1. The van der Waals surface area contributed by atoms with Crippen LogP contribution in [0.15, 0.2) is 41.1 Å². The van der Waals surface area contributed by atoms with E-state index in [0.29, 0.717) is 18.8 Å². The molecule has 0 saturated carbocycles. The van der Waals surface area contributed by atoms with E-state index in [1.54, 1.807) is 12.3 Å². The third-order valence-electron chi connectivity index (χ3n) is 4.71. The first-order valence-electron chi connectivity index (χ1n) is 9.29. The van der Waals surface area contributed by atoms with E-state index in [0.717, 1.165) is 24.4 Å². The molecule has 1 saturated heterocycles. The maximum absolute atomic E-state index is 12.5. The molecule has 3 heterocycles. The van der Waals surface area contributed by atoms with Crippen molar-refractivity contribution in [1.82, 2.24) is 20.1 Å². The fourth-order valence-electron chi connectivity index (χ4n) is 3.43. The molecule has 0 aromatic carbocycles. The molecule has 0 unspecified atom stereocenters. The Morgan fingerprint density at radius 1 is 1.27 bits per heavy atom. The molecule has 0 aliphatic carbocycles. The fraction of sp³-hybridized carbons (Fsp3) is 0.500. The van der Waals surface area contributed by atoms with Gasteiger partial charge in [-0.1, -0.05) is 12.5 Å². The molecule has 1 fully saturated rings. The second-order valence-electron chi connectivity index (χ2n) is 7.11. The van der Waals surface area contributed by atoms with Crippen molar-refractivity contribution in [1.29, 1.82) is 0 Å². The Kier molecular flexibility index (Phi) is 6.41. The van der Waals surface area contributed by atoms with Gasteiger partial charge in [0.1, 0.15) is 5.76 Å². The summed E-state index contributed by atoms with van der Waals surface area (Å²) in [6.07, 6.45) is 7.37. The van der Waals surface area contributed by atoms with Crippen LogP contribution >= 0.6 is 0 Å². The minimum atomic E-state index is -0.166. The summed E-state index contributed by atoms with van der Waals surface area (Å²) >= 11 is 0. The number of nitrogens with zero attached hydrogens (tertiary/aromatic N) is 3. The van der Waals surface area contributed by atoms with Gasteiger partial charge in [-0.15, -0.1) is 0 Å². The highest BCUT2D eigenvalue weighted by Crippen LogP contribution is 2.23. The van der Waals surface area contributed by atoms with Gasteiger partial charge in [0.15, 0.2) is 5.76 Å². The number of pyridine rings is 1. The van der Waals surface area contributed by atoms with Crippen LogP contribution < -0.4 is 5.32 Å². The van der Waals surface area contributed by atoms with Gasteiger partial charge in [-0.2, -0.15) is 0 Å². The number of rotatable bonds is 7. The highest BCUT2D eigenvalue weighted by molar-refractivity contribution is 5.91. The quantitative estimate of drug-likeness (QED) is 0.826. The molecule has 140 valence electrons. The minimum absolute atomic E-state index is 0.143. The zero-order valence-corrected chi connectivity index (χ0v) is 15.6. The molecule has 2 aromatic rings. The molecule has 6 nitrogen and oxygen atoms in total. The van der Waals surface area contributed by atoms with Crippen molar-refractivity contribution in [3.63, 3.8) is 0 Å². The van der Waals surface area contributed by atoms with Crippen molar-refractivity contribution in [3.05, 3.63) is 53.7 Å². The highest BCUT2D eigenvalue weighted by Gasteiger charge is 2.23. The number of likely N-dealkylation sites (tertiary alicyclic amines) is 1. The third kappa shape index (κ3) is 4.93. The van der Waals surface area contributed by atoms with E-state index >= 15 is 0 Å². The predicted octanol–water partition coefficient (Wildman–Crippen LogP) is 2.69. The van der Waals surface area contributed by atoms with Crippen LogP contribution in [0.1, 0.15) is 47.2 Å². The summed E-state index contributed by atoms with van der Waals surface area (Å²) in [6.45, 7) is 3.35. The number of nitrogens with one attached hydrogen (secondary N) is 1. The minimum Gasteiger partial charge on any atom is -0.455 e. The molecule has 2 aromatic heterocycles. The lowest BCUT2D eigenvalue weighted by Gasteiger charge is -2.34. The Morgan fingerprint density at radius 2 is 2.08 bits per heavy atom. The summed E-state index contributed by atoms with van der Waals surface area (Å²) < 4.78 is 5.66. The molecule has 0 spiro atoms. The van der Waals surface area contributed by atoms with Crippen LogP contribution in [0.3, 0.4) is 0 Å². The van der Waals surface area contributed by atoms with E-state index in [9.17, 15) is 4.79 Å². The second-order valence-corrected chi connectivity index (χ2v) is 7.11. The first-order valence-corrected chi connectivity index (χ1v) is 9.29. The predicted molar refractivity (Wildman–Crippen MR) is 101 cm³/mol. The van der Waals surface area contributed by atoms with Gasteiger partial charge in [0.25, 0.3) is 5.91 Å². The Morgan fingerprint density at radius 3 is 2.77 bits per heavy atom. The van der Waals surface area contributed by atoms with E-state index in [1.807, 2.05) is 37.3 Å². The summed E-state index contributed by atoms with van der Waals surface area (Å²) in [7, 11) is 3.94. The number of carbonyl (C=O) groups excluding carboxylic acids is 1.